The maximum atomic E-state index is 7.00. The molecule has 0 spiro atoms. The fourth-order valence-electron chi connectivity index (χ4n) is 20.9. The molecule has 2 heteroatoms. The van der Waals surface area contributed by atoms with E-state index in [9.17, 15) is 0 Å². The summed E-state index contributed by atoms with van der Waals surface area (Å²) in [6.45, 7) is 73.9. The topological polar surface area (TPSA) is 40.5 Å². The highest BCUT2D eigenvalue weighted by Gasteiger charge is 2.41. The number of hydrogen-bond donors (Lipinski definition) is 2. The first-order valence-corrected chi connectivity index (χ1v) is 52.8. The molecule has 16 aromatic rings. The lowest BCUT2D eigenvalue weighted by atomic mass is 9.60. The van der Waals surface area contributed by atoms with Gasteiger partial charge in [-0.15, -0.1) is 0 Å². The van der Waals surface area contributed by atoms with Gasteiger partial charge in [0.15, 0.2) is 0 Å². The summed E-state index contributed by atoms with van der Waals surface area (Å²) in [5, 5.41) is 8.98. The molecule has 756 valence electrons. The highest BCUT2D eigenvalue weighted by Crippen LogP contribution is 2.49. The molecule has 16 aromatic carbocycles. The van der Waals surface area contributed by atoms with Crippen molar-refractivity contribution in [1.82, 2.24) is 0 Å². The van der Waals surface area contributed by atoms with Crippen molar-refractivity contribution in [3.63, 3.8) is 0 Å². The third kappa shape index (κ3) is 28.9. The van der Waals surface area contributed by atoms with Crippen molar-refractivity contribution in [3.05, 3.63) is 554 Å². The summed E-state index contributed by atoms with van der Waals surface area (Å²) in [7, 11) is 0. The second-order valence-electron chi connectivity index (χ2n) is 46.1. The fourth-order valence-corrected chi connectivity index (χ4v) is 20.9. The van der Waals surface area contributed by atoms with Crippen molar-refractivity contribution in [2.45, 2.75) is 304 Å². The minimum absolute atomic E-state index is 0.00833. The lowest BCUT2D eigenvalue weighted by molar-refractivity contribution is 0.249. The van der Waals surface area contributed by atoms with E-state index in [1.807, 2.05) is 66.7 Å². The average Bonchev–Trinajstić information content (AvgIpc) is 0.746. The Balaban J connectivity index is 0.000000173. The summed E-state index contributed by atoms with van der Waals surface area (Å²) >= 11 is 0. The monoisotopic (exact) mass is 1920 g/mol. The zero-order chi connectivity index (χ0) is 108. The van der Waals surface area contributed by atoms with E-state index < -0.39 is 0 Å². The smallest absolute Gasteiger partial charge is 0.293 e. The van der Waals surface area contributed by atoms with Crippen LogP contribution < -0.4 is 0 Å². The van der Waals surface area contributed by atoms with Gasteiger partial charge in [0.25, 0.3) is 2.86 Å². The molecule has 17 rings (SSSR count). The normalized spacial score (nSPS) is 12.7. The van der Waals surface area contributed by atoms with E-state index in [0.717, 1.165) is 0 Å². The lowest BCUT2D eigenvalue weighted by Crippen LogP contribution is -2.38. The third-order valence-electron chi connectivity index (χ3n) is 31.9. The maximum absolute atomic E-state index is 7.00. The van der Waals surface area contributed by atoms with Gasteiger partial charge in [-0.05, 0) is 318 Å². The molecule has 0 aromatic heterocycles. The Hall–Kier alpha value is -12.9. The Morgan fingerprint density at radius 1 is 0.214 bits per heavy atom. The molecule has 2 N–H and O–H groups in total. The molecular weight excluding hydrogens is 1750 g/mol. The zero-order valence-corrected chi connectivity index (χ0v) is 94.6. The molecule has 0 amide bonds. The van der Waals surface area contributed by atoms with Crippen molar-refractivity contribution >= 4 is 0 Å². The van der Waals surface area contributed by atoms with Gasteiger partial charge in [-0.1, -0.05) is 512 Å². The van der Waals surface area contributed by atoms with Crippen molar-refractivity contribution in [2.75, 3.05) is 0 Å². The molecule has 0 bridgehead atoms. The van der Waals surface area contributed by atoms with Gasteiger partial charge in [0, 0.05) is 32.5 Å². The minimum Gasteiger partial charge on any atom is -0.508 e. The number of rotatable bonds is 17. The molecule has 0 atom stereocenters. The summed E-state index contributed by atoms with van der Waals surface area (Å²) in [6, 6.07) is 132. The van der Waals surface area contributed by atoms with Crippen LogP contribution in [0.2, 0.25) is 0 Å². The molecule has 1 aliphatic rings. The number of phenols is 2. The van der Waals surface area contributed by atoms with Gasteiger partial charge in [0.2, 0.25) is 0 Å². The van der Waals surface area contributed by atoms with Gasteiger partial charge in [0.1, 0.15) is 11.5 Å². The second kappa shape index (κ2) is 49.3. The van der Waals surface area contributed by atoms with Crippen LogP contribution in [0.1, 0.15) is 326 Å². The number of aromatic hydroxyl groups is 2. The fraction of sp³-hybridized carbons (Fsp3) is 0.329. The Morgan fingerprint density at radius 2 is 0.497 bits per heavy atom. The van der Waals surface area contributed by atoms with E-state index in [1.54, 1.807) is 5.56 Å². The van der Waals surface area contributed by atoms with Gasteiger partial charge >= 0.3 is 0 Å². The predicted molar refractivity (Wildman–Crippen MR) is 629 cm³/mol. The molecule has 1 saturated carbocycles. The van der Waals surface area contributed by atoms with Crippen LogP contribution in [0.15, 0.2) is 370 Å². The van der Waals surface area contributed by atoms with Crippen molar-refractivity contribution in [1.29, 1.82) is 2.86 Å². The van der Waals surface area contributed by atoms with E-state index >= 15 is 0 Å². The molecule has 145 heavy (non-hydrogen) atoms. The number of benzene rings is 16. The lowest BCUT2D eigenvalue weighted by Gasteiger charge is -2.43. The highest BCUT2D eigenvalue weighted by molar-refractivity contribution is 5.56. The van der Waals surface area contributed by atoms with Gasteiger partial charge in [-0.3, -0.25) is 0 Å². The molecule has 2 nitrogen and oxygen atoms in total. The summed E-state index contributed by atoms with van der Waals surface area (Å²) in [4.78, 5) is 0. The minimum atomic E-state index is -0.247. The Labute approximate surface area is 881 Å². The molecule has 0 heterocycles. The second-order valence-corrected chi connectivity index (χ2v) is 46.1. The average molecular weight is 1920 g/mol. The number of hydrogen-bond acceptors (Lipinski definition) is 2. The van der Waals surface area contributed by atoms with Crippen molar-refractivity contribution < 1.29 is 10.2 Å². The first-order chi connectivity index (χ1) is 69.3. The summed E-state index contributed by atoms with van der Waals surface area (Å²) in [5.41, 5.74) is 45.3. The first-order valence-electron chi connectivity index (χ1n) is 53.6. The van der Waals surface area contributed by atoms with Crippen molar-refractivity contribution in [2.24, 2.45) is 5.41 Å². The van der Waals surface area contributed by atoms with Gasteiger partial charge in [0.05, 0.1) is 0 Å². The number of aryl methyl sites for hydroxylation is 14. The van der Waals surface area contributed by atoms with E-state index in [4.69, 9.17) is 2.86 Å². The molecule has 1 fully saturated rings. The molecule has 1 aliphatic carbocycles. The molecular formula is C143H172O2. The van der Waals surface area contributed by atoms with E-state index in [-0.39, 0.29) is 43.3 Å². The number of phenolic OH excluding ortho intramolecular Hbond substituents is 2. The summed E-state index contributed by atoms with van der Waals surface area (Å²) < 4.78 is 13.8. The SMILES string of the molecule is Cc1cc(C(C)(C)C)cc(C)c1C.Cc1cc(C)cc(C2(C)CCCCC2)c1.Cc1ccc(C(C)(C)c2ccc(C)c(C)c2C)cc1.Cc1ccc(C(C)(C)c2ccc(C)cc2C)c(C)c1.Cc1ccc(C(C)(c2ccc(C)cc2)C(C)(C)C)cc1.Cc1ccc(C(C)(c2ccccc2)c2ccc(C)cc2)cc1.[2H]Oc1ccc(C(C)(C)c2ccccc2)cc1.[2H]Oc1ccc(C(C)(c2ccccc2)c2ccccc2)cc1. The predicted octanol–water partition coefficient (Wildman–Crippen LogP) is 38.7. The van der Waals surface area contributed by atoms with Crippen LogP contribution in [-0.4, -0.2) is 13.1 Å². The van der Waals surface area contributed by atoms with Crippen LogP contribution in [0.3, 0.4) is 0 Å². The van der Waals surface area contributed by atoms with Crippen LogP contribution in [0, 0.1) is 123 Å². The van der Waals surface area contributed by atoms with Crippen molar-refractivity contribution in [3.8, 4) is 11.5 Å². The van der Waals surface area contributed by atoms with Crippen LogP contribution in [0.5, 0.6) is 11.5 Å². The third-order valence-corrected chi connectivity index (χ3v) is 31.9. The Bertz CT molecular complexity index is 6600. The van der Waals surface area contributed by atoms with E-state index in [0.29, 0.717) is 16.9 Å². The molecule has 0 unspecified atom stereocenters. The molecule has 0 aliphatic heterocycles. The van der Waals surface area contributed by atoms with E-state index in [2.05, 4.69) is 542 Å². The zero-order valence-electron chi connectivity index (χ0n) is 96.6. The van der Waals surface area contributed by atoms with E-state index in [1.165, 1.54) is 210 Å². The van der Waals surface area contributed by atoms with Gasteiger partial charge < -0.3 is 10.2 Å². The van der Waals surface area contributed by atoms with Crippen LogP contribution in [0.25, 0.3) is 0 Å². The highest BCUT2D eigenvalue weighted by atomic mass is 16.3. The molecule has 0 saturated heterocycles. The summed E-state index contributed by atoms with van der Waals surface area (Å²) in [6.07, 6.45) is 6.99. The van der Waals surface area contributed by atoms with Gasteiger partial charge in [-0.2, -0.15) is 0 Å². The standard InChI is InChI=1S/C22H22.C20H18O.C20H26.2C19H24.C15H16O.C15H22.C13H20/c1-17-9-13-20(14-10-17)22(3,19-7-5-4-6-8-19)21-15-11-18(2)12-16-21;1-20(16-8-4-2-5-9-16,17-10-6-3-7-11-17)18-12-14-19(21)15-13-18;1-15-7-11-17(12-8-15)20(6,19(3,4)5)18-13-9-16(2)10-14-18;1-13-7-10-17(11-8-13)19(5,6)18-12-9-14(2)15(3)16(18)4;1-13-7-9-17(15(3)11-13)19(5,6)18-10-8-14(2)12-16(18)4;1-15(2,12-6-4-3-5-7-12)13-8-10-14(16)11-9-13;1-12-9-13(2)11-14(10-12)15(3)7-5-4-6-8-15;1-9-7-12(13(4,5)6)8-10(2)11(9)3/h4-16H,1-3H3;2-15,21H,1H3;7-14H,1-6H3;2*7-12H,1-6H3;3-11,16H,1-2H3;9-11H,4-8H2,1-3H3;7-8H,1-6H3/i/hD2. The maximum Gasteiger partial charge on any atom is 0.293 e. The van der Waals surface area contributed by atoms with Gasteiger partial charge in [-0.25, -0.2) is 0 Å². The Morgan fingerprint density at radius 3 is 0.821 bits per heavy atom. The summed E-state index contributed by atoms with van der Waals surface area (Å²) in [5.74, 6) is 1.12. The largest absolute Gasteiger partial charge is 0.508 e. The van der Waals surface area contributed by atoms with Crippen LogP contribution in [-0.2, 0) is 43.3 Å². The van der Waals surface area contributed by atoms with Crippen LogP contribution in [0.4, 0.5) is 0 Å². The Kier molecular flexibility index (Phi) is 37.7. The van der Waals surface area contributed by atoms with Crippen LogP contribution >= 0.6 is 0 Å². The molecule has 0 radical (unpaired) electrons. The first kappa shape index (κ1) is 111. The quantitative estimate of drug-likeness (QED) is 0.0892.